The second kappa shape index (κ2) is 9.62. The highest BCUT2D eigenvalue weighted by Crippen LogP contribution is 2.20. The summed E-state index contributed by atoms with van der Waals surface area (Å²) >= 11 is 11.9. The highest BCUT2D eigenvalue weighted by atomic mass is 35.5. The molecule has 24 heavy (non-hydrogen) atoms. The number of benzene rings is 2. The second-order valence-corrected chi connectivity index (χ2v) is 6.20. The van der Waals surface area contributed by atoms with E-state index in [-0.39, 0.29) is 18.3 Å². The molecule has 2 aromatic rings. The molecule has 0 bridgehead atoms. The van der Waals surface area contributed by atoms with Crippen molar-refractivity contribution in [2.24, 2.45) is 0 Å². The number of rotatable bonds is 8. The van der Waals surface area contributed by atoms with Crippen LogP contribution in [0.1, 0.15) is 11.1 Å². The number of carbonyl (C=O) groups is 1. The second-order valence-electron chi connectivity index (χ2n) is 5.35. The molecule has 0 atom stereocenters. The van der Waals surface area contributed by atoms with E-state index in [1.165, 1.54) is 6.07 Å². The molecule has 0 aliphatic rings. The minimum absolute atomic E-state index is 0.117. The Morgan fingerprint density at radius 3 is 2.50 bits per heavy atom. The monoisotopic (exact) mass is 368 g/mol. The van der Waals surface area contributed by atoms with E-state index in [1.54, 1.807) is 30.3 Å². The van der Waals surface area contributed by atoms with E-state index in [0.717, 1.165) is 5.56 Å². The topological polar surface area (TPSA) is 41.1 Å². The van der Waals surface area contributed by atoms with Crippen molar-refractivity contribution < 1.29 is 9.18 Å². The first-order valence-corrected chi connectivity index (χ1v) is 8.46. The molecule has 0 spiro atoms. The summed E-state index contributed by atoms with van der Waals surface area (Å²) < 4.78 is 13.4. The summed E-state index contributed by atoms with van der Waals surface area (Å²) in [4.78, 5) is 11.7. The predicted octanol–water partition coefficient (Wildman–Crippen LogP) is 3.62. The molecule has 128 valence electrons. The van der Waals surface area contributed by atoms with Gasteiger partial charge in [-0.1, -0.05) is 47.5 Å². The zero-order chi connectivity index (χ0) is 17.4. The Balaban J connectivity index is 1.62. The van der Waals surface area contributed by atoms with Crippen LogP contribution in [0, 0.1) is 5.82 Å². The van der Waals surface area contributed by atoms with E-state index in [2.05, 4.69) is 10.6 Å². The van der Waals surface area contributed by atoms with Crippen molar-refractivity contribution >= 4 is 29.1 Å². The minimum Gasteiger partial charge on any atom is -0.355 e. The summed E-state index contributed by atoms with van der Waals surface area (Å²) in [6.07, 6.45) is 1.18. The van der Waals surface area contributed by atoms with Gasteiger partial charge in [-0.15, -0.1) is 0 Å². The van der Waals surface area contributed by atoms with Crippen LogP contribution in [0.3, 0.4) is 0 Å². The van der Waals surface area contributed by atoms with Crippen molar-refractivity contribution in [3.8, 4) is 0 Å². The maximum absolute atomic E-state index is 13.4. The molecule has 0 saturated carbocycles. The van der Waals surface area contributed by atoms with Gasteiger partial charge in [0.15, 0.2) is 0 Å². The van der Waals surface area contributed by atoms with Crippen molar-refractivity contribution in [2.75, 3.05) is 19.6 Å². The fourth-order valence-electron chi connectivity index (χ4n) is 2.25. The molecule has 0 aromatic heterocycles. The van der Waals surface area contributed by atoms with Crippen LogP contribution in [-0.2, 0) is 17.6 Å². The number of hydrogen-bond acceptors (Lipinski definition) is 2. The van der Waals surface area contributed by atoms with Gasteiger partial charge in [-0.25, -0.2) is 4.39 Å². The Kier molecular flexibility index (Phi) is 7.50. The third-order valence-electron chi connectivity index (χ3n) is 3.55. The Morgan fingerprint density at radius 1 is 1.00 bits per heavy atom. The SMILES string of the molecule is O=C(CNCCc1ccc(Cl)cc1Cl)NCCc1ccccc1F. The Bertz CT molecular complexity index is 694. The molecular weight excluding hydrogens is 350 g/mol. The zero-order valence-electron chi connectivity index (χ0n) is 13.1. The van der Waals surface area contributed by atoms with Crippen LogP contribution < -0.4 is 10.6 Å². The molecule has 3 nitrogen and oxygen atoms in total. The molecule has 0 aliphatic heterocycles. The van der Waals surface area contributed by atoms with Crippen LogP contribution in [0.25, 0.3) is 0 Å². The van der Waals surface area contributed by atoms with Crippen LogP contribution in [-0.4, -0.2) is 25.5 Å². The molecule has 0 aliphatic carbocycles. The Labute approximate surface area is 151 Å². The molecule has 0 heterocycles. The third kappa shape index (κ3) is 6.11. The average molecular weight is 369 g/mol. The normalized spacial score (nSPS) is 10.6. The zero-order valence-corrected chi connectivity index (χ0v) is 14.6. The van der Waals surface area contributed by atoms with E-state index in [9.17, 15) is 9.18 Å². The molecular formula is C18H19Cl2FN2O. The van der Waals surface area contributed by atoms with Crippen LogP contribution in [0.4, 0.5) is 4.39 Å². The van der Waals surface area contributed by atoms with E-state index in [0.29, 0.717) is 41.5 Å². The van der Waals surface area contributed by atoms with Crippen molar-refractivity contribution in [3.05, 3.63) is 69.5 Å². The number of carbonyl (C=O) groups excluding carboxylic acids is 1. The minimum atomic E-state index is -0.246. The lowest BCUT2D eigenvalue weighted by Crippen LogP contribution is -2.35. The van der Waals surface area contributed by atoms with Gasteiger partial charge >= 0.3 is 0 Å². The molecule has 0 radical (unpaired) electrons. The third-order valence-corrected chi connectivity index (χ3v) is 4.13. The summed E-state index contributed by atoms with van der Waals surface area (Å²) in [5, 5.41) is 7.05. The molecule has 2 N–H and O–H groups in total. The molecule has 0 saturated heterocycles. The highest BCUT2D eigenvalue weighted by molar-refractivity contribution is 6.35. The summed E-state index contributed by atoms with van der Waals surface area (Å²) in [6, 6.07) is 11.9. The van der Waals surface area contributed by atoms with E-state index >= 15 is 0 Å². The van der Waals surface area contributed by atoms with Crippen LogP contribution in [0.5, 0.6) is 0 Å². The van der Waals surface area contributed by atoms with Gasteiger partial charge in [0.1, 0.15) is 5.82 Å². The smallest absolute Gasteiger partial charge is 0.233 e. The van der Waals surface area contributed by atoms with Gasteiger partial charge < -0.3 is 10.6 Å². The maximum Gasteiger partial charge on any atom is 0.233 e. The Hall–Kier alpha value is -1.62. The van der Waals surface area contributed by atoms with E-state index < -0.39 is 0 Å². The standard InChI is InChI=1S/C18H19Cl2FN2O/c19-15-6-5-13(16(20)11-15)7-9-22-12-18(24)23-10-8-14-3-1-2-4-17(14)21/h1-6,11,22H,7-10,12H2,(H,23,24). The molecule has 0 fully saturated rings. The van der Waals surface area contributed by atoms with Crippen LogP contribution >= 0.6 is 23.2 Å². The van der Waals surface area contributed by atoms with Gasteiger partial charge in [-0.2, -0.15) is 0 Å². The van der Waals surface area contributed by atoms with Crippen molar-refractivity contribution in [3.63, 3.8) is 0 Å². The van der Waals surface area contributed by atoms with Gasteiger partial charge in [0, 0.05) is 16.6 Å². The molecule has 2 rings (SSSR count). The van der Waals surface area contributed by atoms with E-state index in [4.69, 9.17) is 23.2 Å². The first-order valence-electron chi connectivity index (χ1n) is 7.71. The number of amides is 1. The summed E-state index contributed by atoms with van der Waals surface area (Å²) in [7, 11) is 0. The number of nitrogens with one attached hydrogen (secondary N) is 2. The summed E-state index contributed by atoms with van der Waals surface area (Å²) in [5.41, 5.74) is 1.58. The van der Waals surface area contributed by atoms with Crippen LogP contribution in [0.15, 0.2) is 42.5 Å². The van der Waals surface area contributed by atoms with Crippen molar-refractivity contribution in [1.29, 1.82) is 0 Å². The lowest BCUT2D eigenvalue weighted by atomic mass is 10.1. The highest BCUT2D eigenvalue weighted by Gasteiger charge is 2.04. The summed E-state index contributed by atoms with van der Waals surface area (Å²) in [5.74, 6) is -0.363. The van der Waals surface area contributed by atoms with E-state index in [1.807, 2.05) is 6.07 Å². The van der Waals surface area contributed by atoms with Gasteiger partial charge in [-0.3, -0.25) is 4.79 Å². The van der Waals surface area contributed by atoms with Crippen LogP contribution in [0.2, 0.25) is 10.0 Å². The van der Waals surface area contributed by atoms with Crippen molar-refractivity contribution in [1.82, 2.24) is 10.6 Å². The Morgan fingerprint density at radius 2 is 1.75 bits per heavy atom. The fourth-order valence-corrected chi connectivity index (χ4v) is 2.75. The largest absolute Gasteiger partial charge is 0.355 e. The molecule has 0 unspecified atom stereocenters. The molecule has 1 amide bonds. The van der Waals surface area contributed by atoms with Gasteiger partial charge in [-0.05, 0) is 48.7 Å². The van der Waals surface area contributed by atoms with Crippen molar-refractivity contribution in [2.45, 2.75) is 12.8 Å². The number of hydrogen-bond donors (Lipinski definition) is 2. The molecule has 2 aromatic carbocycles. The fraction of sp³-hybridized carbons (Fsp3) is 0.278. The van der Waals surface area contributed by atoms with Gasteiger partial charge in [0.2, 0.25) is 5.91 Å². The van der Waals surface area contributed by atoms with Gasteiger partial charge in [0.05, 0.1) is 6.54 Å². The predicted molar refractivity (Wildman–Crippen MR) is 96.1 cm³/mol. The first-order chi connectivity index (χ1) is 11.6. The molecule has 6 heteroatoms. The number of halogens is 3. The summed E-state index contributed by atoms with van der Waals surface area (Å²) in [6.45, 7) is 1.25. The maximum atomic E-state index is 13.4. The first kappa shape index (κ1) is 18.7. The quantitative estimate of drug-likeness (QED) is 0.698. The lowest BCUT2D eigenvalue weighted by Gasteiger charge is -2.08. The van der Waals surface area contributed by atoms with Gasteiger partial charge in [0.25, 0.3) is 0 Å². The average Bonchev–Trinajstić information content (AvgIpc) is 2.55. The lowest BCUT2D eigenvalue weighted by molar-refractivity contribution is -0.120.